The van der Waals surface area contributed by atoms with Crippen LogP contribution in [0.5, 0.6) is 0 Å². The third-order valence-electron chi connectivity index (χ3n) is 6.84. The number of benzene rings is 1. The number of likely N-dealkylation sites (tertiary alicyclic amines) is 1. The molecule has 33 heavy (non-hydrogen) atoms. The Bertz CT molecular complexity index is 1070. The van der Waals surface area contributed by atoms with Gasteiger partial charge in [-0.25, -0.2) is 4.79 Å². The van der Waals surface area contributed by atoms with E-state index < -0.39 is 6.04 Å². The van der Waals surface area contributed by atoms with E-state index in [2.05, 4.69) is 24.5 Å². The SMILES string of the molecule is CC(C)c1ccc(NC(=O)[C@@H](NC(=O)N2CC3C[C@H](C2)Cn2c3cccc2=O)C(C)C)cc1. The molecule has 0 aliphatic carbocycles. The average Bonchev–Trinajstić information content (AvgIpc) is 2.78. The van der Waals surface area contributed by atoms with Crippen molar-refractivity contribution >= 4 is 17.6 Å². The first-order valence-electron chi connectivity index (χ1n) is 11.9. The molecule has 2 aliphatic heterocycles. The number of amides is 3. The second-order valence-electron chi connectivity index (χ2n) is 10.0. The van der Waals surface area contributed by atoms with Crippen LogP contribution in [0.1, 0.15) is 57.2 Å². The summed E-state index contributed by atoms with van der Waals surface area (Å²) in [6.07, 6.45) is 0.980. The molecular formula is C26H34N4O3. The van der Waals surface area contributed by atoms with E-state index in [0.29, 0.717) is 25.6 Å². The van der Waals surface area contributed by atoms with E-state index in [9.17, 15) is 14.4 Å². The van der Waals surface area contributed by atoms with Crippen molar-refractivity contribution in [2.75, 3.05) is 18.4 Å². The summed E-state index contributed by atoms with van der Waals surface area (Å²) in [7, 11) is 0. The Hall–Kier alpha value is -3.09. The molecule has 4 rings (SSSR count). The van der Waals surface area contributed by atoms with Gasteiger partial charge in [0.1, 0.15) is 6.04 Å². The van der Waals surface area contributed by atoms with Gasteiger partial charge in [-0.2, -0.15) is 0 Å². The van der Waals surface area contributed by atoms with E-state index in [0.717, 1.165) is 17.8 Å². The van der Waals surface area contributed by atoms with Crippen molar-refractivity contribution in [1.29, 1.82) is 0 Å². The molecule has 2 aliphatic rings. The molecule has 1 saturated heterocycles. The van der Waals surface area contributed by atoms with Crippen molar-refractivity contribution in [3.8, 4) is 0 Å². The smallest absolute Gasteiger partial charge is 0.318 e. The number of anilines is 1. The average molecular weight is 451 g/mol. The Balaban J connectivity index is 1.42. The van der Waals surface area contributed by atoms with E-state index in [1.54, 1.807) is 17.0 Å². The highest BCUT2D eigenvalue weighted by Gasteiger charge is 2.37. The highest BCUT2D eigenvalue weighted by atomic mass is 16.2. The molecule has 2 bridgehead atoms. The van der Waals surface area contributed by atoms with Crippen LogP contribution in [0.15, 0.2) is 47.3 Å². The third kappa shape index (κ3) is 4.97. The fourth-order valence-electron chi connectivity index (χ4n) is 4.99. The van der Waals surface area contributed by atoms with Crippen molar-refractivity contribution in [3.63, 3.8) is 0 Å². The predicted molar refractivity (Wildman–Crippen MR) is 129 cm³/mol. The van der Waals surface area contributed by atoms with Gasteiger partial charge in [0.2, 0.25) is 5.91 Å². The second-order valence-corrected chi connectivity index (χ2v) is 10.0. The zero-order valence-electron chi connectivity index (χ0n) is 19.9. The Labute approximate surface area is 195 Å². The highest BCUT2D eigenvalue weighted by Crippen LogP contribution is 2.35. The van der Waals surface area contributed by atoms with Crippen LogP contribution in [0.25, 0.3) is 0 Å². The van der Waals surface area contributed by atoms with Gasteiger partial charge < -0.3 is 20.1 Å². The zero-order chi connectivity index (χ0) is 23.7. The van der Waals surface area contributed by atoms with Gasteiger partial charge in [-0.3, -0.25) is 9.59 Å². The lowest BCUT2D eigenvalue weighted by molar-refractivity contribution is -0.118. The minimum Gasteiger partial charge on any atom is -0.326 e. The molecule has 0 radical (unpaired) electrons. The first kappa shape index (κ1) is 23.1. The normalized spacial score (nSPS) is 20.4. The van der Waals surface area contributed by atoms with E-state index in [1.165, 1.54) is 5.56 Å². The number of carbonyl (C=O) groups is 2. The number of carbonyl (C=O) groups excluding carboxylic acids is 2. The molecule has 1 unspecified atom stereocenters. The number of aromatic nitrogens is 1. The van der Waals surface area contributed by atoms with Crippen LogP contribution < -0.4 is 16.2 Å². The number of hydrogen-bond acceptors (Lipinski definition) is 3. The van der Waals surface area contributed by atoms with Gasteiger partial charge >= 0.3 is 6.03 Å². The van der Waals surface area contributed by atoms with E-state index in [4.69, 9.17) is 0 Å². The summed E-state index contributed by atoms with van der Waals surface area (Å²) in [5.74, 6) is 0.528. The van der Waals surface area contributed by atoms with Crippen LogP contribution in [-0.2, 0) is 11.3 Å². The molecule has 0 spiro atoms. The fourth-order valence-corrected chi connectivity index (χ4v) is 4.99. The number of nitrogens with one attached hydrogen (secondary N) is 2. The maximum absolute atomic E-state index is 13.2. The molecule has 7 heteroatoms. The van der Waals surface area contributed by atoms with Gasteiger partial charge in [0.25, 0.3) is 5.56 Å². The summed E-state index contributed by atoms with van der Waals surface area (Å²) in [4.78, 5) is 40.2. The van der Waals surface area contributed by atoms with Gasteiger partial charge in [0, 0.05) is 43.0 Å². The first-order valence-corrected chi connectivity index (χ1v) is 11.9. The Morgan fingerprint density at radius 2 is 1.70 bits per heavy atom. The Morgan fingerprint density at radius 1 is 0.970 bits per heavy atom. The Kier molecular flexibility index (Phi) is 6.58. The van der Waals surface area contributed by atoms with Crippen LogP contribution in [0.4, 0.5) is 10.5 Å². The molecule has 0 saturated carbocycles. The first-order chi connectivity index (χ1) is 15.7. The molecule has 1 fully saturated rings. The predicted octanol–water partition coefficient (Wildman–Crippen LogP) is 3.76. The van der Waals surface area contributed by atoms with Crippen molar-refractivity contribution in [2.24, 2.45) is 11.8 Å². The van der Waals surface area contributed by atoms with E-state index in [1.807, 2.05) is 48.7 Å². The maximum Gasteiger partial charge on any atom is 0.318 e. The number of nitrogens with zero attached hydrogens (tertiary/aromatic N) is 2. The van der Waals surface area contributed by atoms with E-state index in [-0.39, 0.29) is 35.3 Å². The summed E-state index contributed by atoms with van der Waals surface area (Å²) in [6.45, 7) is 9.89. The minimum absolute atomic E-state index is 0.0260. The molecule has 176 valence electrons. The van der Waals surface area contributed by atoms with Gasteiger partial charge in [0.05, 0.1) is 0 Å². The number of pyridine rings is 1. The molecule has 2 N–H and O–H groups in total. The molecule has 1 aromatic heterocycles. The second kappa shape index (κ2) is 9.41. The number of piperidine rings is 1. The lowest BCUT2D eigenvalue weighted by Gasteiger charge is -2.43. The van der Waals surface area contributed by atoms with E-state index >= 15 is 0 Å². The summed E-state index contributed by atoms with van der Waals surface area (Å²) < 4.78 is 1.85. The van der Waals surface area contributed by atoms with Gasteiger partial charge in [-0.15, -0.1) is 0 Å². The topological polar surface area (TPSA) is 83.4 Å². The van der Waals surface area contributed by atoms with Gasteiger partial charge in [-0.05, 0) is 47.9 Å². The van der Waals surface area contributed by atoms with Gasteiger partial charge in [0.15, 0.2) is 0 Å². The summed E-state index contributed by atoms with van der Waals surface area (Å²) in [6, 6.07) is 12.3. The third-order valence-corrected chi connectivity index (χ3v) is 6.84. The van der Waals surface area contributed by atoms with Gasteiger partial charge in [-0.1, -0.05) is 45.9 Å². The minimum atomic E-state index is -0.640. The lowest BCUT2D eigenvalue weighted by atomic mass is 9.83. The molecule has 3 amide bonds. The quantitative estimate of drug-likeness (QED) is 0.728. The molecule has 1 aromatic carbocycles. The van der Waals surface area contributed by atoms with Crippen molar-refractivity contribution in [1.82, 2.24) is 14.8 Å². The van der Waals surface area contributed by atoms with Crippen LogP contribution in [0.3, 0.4) is 0 Å². The maximum atomic E-state index is 13.2. The molecule has 3 atom stereocenters. The largest absolute Gasteiger partial charge is 0.326 e. The molecular weight excluding hydrogens is 416 g/mol. The van der Waals surface area contributed by atoms with Crippen LogP contribution in [0.2, 0.25) is 0 Å². The summed E-state index contributed by atoms with van der Waals surface area (Å²) >= 11 is 0. The number of hydrogen-bond donors (Lipinski definition) is 2. The van der Waals surface area contributed by atoms with Crippen LogP contribution >= 0.6 is 0 Å². The van der Waals surface area contributed by atoms with Crippen molar-refractivity contribution in [2.45, 2.75) is 58.5 Å². The van der Waals surface area contributed by atoms with Crippen molar-refractivity contribution in [3.05, 3.63) is 64.1 Å². The highest BCUT2D eigenvalue weighted by molar-refractivity contribution is 5.97. The summed E-state index contributed by atoms with van der Waals surface area (Å²) in [5.41, 5.74) is 2.96. The monoisotopic (exact) mass is 450 g/mol. The molecule has 2 aromatic rings. The molecule has 3 heterocycles. The lowest BCUT2D eigenvalue weighted by Crippen LogP contribution is -2.56. The van der Waals surface area contributed by atoms with Crippen LogP contribution in [-0.4, -0.2) is 40.5 Å². The van der Waals surface area contributed by atoms with Crippen LogP contribution in [0, 0.1) is 11.8 Å². The standard InChI is InChI=1S/C26H34N4O3/c1-16(2)19-8-10-21(11-9-19)27-25(32)24(17(3)4)28-26(33)29-13-18-12-20(15-29)22-6-5-7-23(31)30(22)14-18/h5-11,16-18,20,24H,12-15H2,1-4H3,(H,27,32)(H,28,33)/t18-,20?,24+/m1/s1. The molecule has 7 nitrogen and oxygen atoms in total. The number of urea groups is 1. The van der Waals surface area contributed by atoms with Crippen molar-refractivity contribution < 1.29 is 9.59 Å². The fraction of sp³-hybridized carbons (Fsp3) is 0.500. The summed E-state index contributed by atoms with van der Waals surface area (Å²) in [5, 5.41) is 5.91. The Morgan fingerprint density at radius 3 is 2.36 bits per heavy atom. The number of rotatable bonds is 5. The number of fused-ring (bicyclic) bond motifs is 4. The zero-order valence-corrected chi connectivity index (χ0v) is 19.9.